The summed E-state index contributed by atoms with van der Waals surface area (Å²) < 4.78 is 5.17. The van der Waals surface area contributed by atoms with Gasteiger partial charge in [-0.1, -0.05) is 20.8 Å². The molecule has 0 fully saturated rings. The highest BCUT2D eigenvalue weighted by molar-refractivity contribution is 7.80. The predicted molar refractivity (Wildman–Crippen MR) is 79.5 cm³/mol. The molecule has 0 heterocycles. The summed E-state index contributed by atoms with van der Waals surface area (Å²) in [5.41, 5.74) is -0.994. The second-order valence-corrected chi connectivity index (χ2v) is 6.91. The Morgan fingerprint density at radius 3 is 2.05 bits per heavy atom. The molecule has 0 aliphatic carbocycles. The van der Waals surface area contributed by atoms with Gasteiger partial charge in [0.15, 0.2) is 0 Å². The highest BCUT2D eigenvalue weighted by Crippen LogP contribution is 2.20. The van der Waals surface area contributed by atoms with E-state index in [4.69, 9.17) is 4.74 Å². The van der Waals surface area contributed by atoms with Crippen molar-refractivity contribution in [3.05, 3.63) is 0 Å². The molecule has 5 nitrogen and oxygen atoms in total. The summed E-state index contributed by atoms with van der Waals surface area (Å²) in [5.74, 6) is 0.321. The molecule has 0 radical (unpaired) electrons. The minimum absolute atomic E-state index is 0.229. The molecule has 1 atom stereocenters. The van der Waals surface area contributed by atoms with Crippen LogP contribution in [0.5, 0.6) is 0 Å². The molecule has 6 heteroatoms. The third-order valence-corrected chi connectivity index (χ3v) is 2.42. The molecule has 112 valence electrons. The van der Waals surface area contributed by atoms with Crippen LogP contribution in [0.25, 0.3) is 0 Å². The van der Waals surface area contributed by atoms with Crippen LogP contribution >= 0.6 is 12.6 Å². The van der Waals surface area contributed by atoms with Crippen molar-refractivity contribution < 1.29 is 14.3 Å². The zero-order valence-corrected chi connectivity index (χ0v) is 13.6. The second-order valence-electron chi connectivity index (χ2n) is 6.46. The number of hydrogen-bond acceptors (Lipinski definition) is 4. The quantitative estimate of drug-likeness (QED) is 0.694. The van der Waals surface area contributed by atoms with Gasteiger partial charge in [-0.25, -0.2) is 4.79 Å². The first-order valence-corrected chi connectivity index (χ1v) is 6.98. The Bertz CT molecular complexity index is 319. The Balaban J connectivity index is 4.71. The fourth-order valence-corrected chi connectivity index (χ4v) is 1.49. The van der Waals surface area contributed by atoms with Crippen LogP contribution in [0.4, 0.5) is 4.79 Å². The molecular formula is C13H26N2O3S. The van der Waals surface area contributed by atoms with Crippen molar-refractivity contribution in [2.24, 2.45) is 5.41 Å². The number of alkyl carbamates (subject to hydrolysis) is 1. The van der Waals surface area contributed by atoms with E-state index >= 15 is 0 Å². The van der Waals surface area contributed by atoms with Gasteiger partial charge in [-0.3, -0.25) is 4.79 Å². The monoisotopic (exact) mass is 290 g/mol. The van der Waals surface area contributed by atoms with Crippen LogP contribution in [0.3, 0.4) is 0 Å². The van der Waals surface area contributed by atoms with Crippen LogP contribution < -0.4 is 10.6 Å². The van der Waals surface area contributed by atoms with Crippen molar-refractivity contribution in [2.45, 2.75) is 53.2 Å². The summed E-state index contributed by atoms with van der Waals surface area (Å²) in [4.78, 5) is 23.8. The average Bonchev–Trinajstić information content (AvgIpc) is 2.18. The number of thiol groups is 1. The Hall–Kier alpha value is -0.910. The minimum Gasteiger partial charge on any atom is -0.444 e. The van der Waals surface area contributed by atoms with E-state index in [0.717, 1.165) is 0 Å². The summed E-state index contributed by atoms with van der Waals surface area (Å²) in [6.45, 7) is 11.4. The lowest BCUT2D eigenvalue weighted by atomic mass is 9.86. The maximum absolute atomic E-state index is 12.0. The molecule has 19 heavy (non-hydrogen) atoms. The maximum Gasteiger partial charge on any atom is 0.408 e. The summed E-state index contributed by atoms with van der Waals surface area (Å²) in [6, 6.07) is -0.651. The van der Waals surface area contributed by atoms with Crippen molar-refractivity contribution in [3.63, 3.8) is 0 Å². The van der Waals surface area contributed by atoms with Gasteiger partial charge in [-0.05, 0) is 26.2 Å². The largest absolute Gasteiger partial charge is 0.444 e. The van der Waals surface area contributed by atoms with Crippen LogP contribution in [0, 0.1) is 5.41 Å². The first-order valence-electron chi connectivity index (χ1n) is 6.35. The summed E-state index contributed by atoms with van der Waals surface area (Å²) in [6.07, 6.45) is -0.589. The van der Waals surface area contributed by atoms with E-state index in [0.29, 0.717) is 12.3 Å². The van der Waals surface area contributed by atoms with Gasteiger partial charge in [0, 0.05) is 12.3 Å². The molecule has 0 saturated heterocycles. The van der Waals surface area contributed by atoms with Crippen molar-refractivity contribution in [1.82, 2.24) is 10.6 Å². The van der Waals surface area contributed by atoms with E-state index in [2.05, 4.69) is 23.3 Å². The predicted octanol–water partition coefficient (Wildman–Crippen LogP) is 1.97. The van der Waals surface area contributed by atoms with Crippen LogP contribution in [0.1, 0.15) is 41.5 Å². The Labute approximate surface area is 121 Å². The SMILES string of the molecule is CC(C)(C)OC(=O)NC(C(=O)NCCS)C(C)(C)C. The van der Waals surface area contributed by atoms with Gasteiger partial charge in [0.05, 0.1) is 0 Å². The van der Waals surface area contributed by atoms with E-state index in [-0.39, 0.29) is 5.91 Å². The standard InChI is InChI=1S/C13H26N2O3S/c1-12(2,3)9(10(16)14-7-8-19)15-11(17)18-13(4,5)6/h9,19H,7-8H2,1-6H3,(H,14,16)(H,15,17). The first-order chi connectivity index (χ1) is 8.47. The lowest BCUT2D eigenvalue weighted by Crippen LogP contribution is -2.54. The lowest BCUT2D eigenvalue weighted by molar-refractivity contribution is -0.125. The second kappa shape index (κ2) is 7.03. The van der Waals surface area contributed by atoms with Crippen LogP contribution in [0.2, 0.25) is 0 Å². The minimum atomic E-state index is -0.651. The van der Waals surface area contributed by atoms with Gasteiger partial charge in [0.25, 0.3) is 0 Å². The third-order valence-electron chi connectivity index (χ3n) is 2.20. The van der Waals surface area contributed by atoms with E-state index in [1.165, 1.54) is 0 Å². The summed E-state index contributed by atoms with van der Waals surface area (Å²) >= 11 is 4.04. The van der Waals surface area contributed by atoms with Crippen LogP contribution in [0.15, 0.2) is 0 Å². The number of amides is 2. The van der Waals surface area contributed by atoms with Crippen LogP contribution in [-0.2, 0) is 9.53 Å². The fraction of sp³-hybridized carbons (Fsp3) is 0.846. The molecular weight excluding hydrogens is 264 g/mol. The molecule has 0 bridgehead atoms. The molecule has 0 aromatic rings. The summed E-state index contributed by atoms with van der Waals surface area (Å²) in [7, 11) is 0. The topological polar surface area (TPSA) is 67.4 Å². The van der Waals surface area contributed by atoms with Crippen molar-refractivity contribution in [1.29, 1.82) is 0 Å². The average molecular weight is 290 g/mol. The van der Waals surface area contributed by atoms with Gasteiger partial charge < -0.3 is 15.4 Å². The van der Waals surface area contributed by atoms with Gasteiger partial charge in [0.2, 0.25) is 5.91 Å². The lowest BCUT2D eigenvalue weighted by Gasteiger charge is -2.31. The Kier molecular flexibility index (Phi) is 6.69. The number of ether oxygens (including phenoxy) is 1. The van der Waals surface area contributed by atoms with Gasteiger partial charge in [-0.2, -0.15) is 12.6 Å². The molecule has 0 saturated carbocycles. The van der Waals surface area contributed by atoms with Crippen molar-refractivity contribution >= 4 is 24.6 Å². The fourth-order valence-electron chi connectivity index (χ4n) is 1.38. The molecule has 2 N–H and O–H groups in total. The zero-order chi connectivity index (χ0) is 15.3. The zero-order valence-electron chi connectivity index (χ0n) is 12.7. The molecule has 0 rings (SSSR count). The van der Waals surface area contributed by atoms with Crippen molar-refractivity contribution in [3.8, 4) is 0 Å². The van der Waals surface area contributed by atoms with E-state index in [1.54, 1.807) is 20.8 Å². The van der Waals surface area contributed by atoms with Gasteiger partial charge in [0.1, 0.15) is 11.6 Å². The normalized spacial score (nSPS) is 13.6. The molecule has 1 unspecified atom stereocenters. The Morgan fingerprint density at radius 1 is 1.16 bits per heavy atom. The van der Waals surface area contributed by atoms with Gasteiger partial charge >= 0.3 is 6.09 Å². The molecule has 2 amide bonds. The van der Waals surface area contributed by atoms with E-state index < -0.39 is 23.2 Å². The highest BCUT2D eigenvalue weighted by atomic mass is 32.1. The van der Waals surface area contributed by atoms with Crippen molar-refractivity contribution in [2.75, 3.05) is 12.3 Å². The molecule has 0 aliphatic heterocycles. The van der Waals surface area contributed by atoms with Crippen LogP contribution in [-0.4, -0.2) is 35.9 Å². The summed E-state index contributed by atoms with van der Waals surface area (Å²) in [5, 5.41) is 5.35. The number of hydrogen-bond donors (Lipinski definition) is 3. The number of carbonyl (C=O) groups is 2. The highest BCUT2D eigenvalue weighted by Gasteiger charge is 2.33. The molecule has 0 aromatic heterocycles. The number of rotatable bonds is 4. The number of carbonyl (C=O) groups excluding carboxylic acids is 2. The Morgan fingerprint density at radius 2 is 1.68 bits per heavy atom. The smallest absolute Gasteiger partial charge is 0.408 e. The molecule has 0 aliphatic rings. The first kappa shape index (κ1) is 18.1. The van der Waals surface area contributed by atoms with Gasteiger partial charge in [-0.15, -0.1) is 0 Å². The number of nitrogens with one attached hydrogen (secondary N) is 2. The van der Waals surface area contributed by atoms with E-state index in [1.807, 2.05) is 20.8 Å². The maximum atomic E-state index is 12.0. The molecule has 0 aromatic carbocycles. The van der Waals surface area contributed by atoms with E-state index in [9.17, 15) is 9.59 Å². The third kappa shape index (κ3) is 7.97. The molecule has 0 spiro atoms.